The van der Waals surface area contributed by atoms with E-state index in [4.69, 9.17) is 4.74 Å². The fraction of sp³-hybridized carbons (Fsp3) is 0.308. The van der Waals surface area contributed by atoms with Crippen molar-refractivity contribution >= 4 is 26.6 Å². The van der Waals surface area contributed by atoms with Gasteiger partial charge in [-0.05, 0) is 48.4 Å². The van der Waals surface area contributed by atoms with Gasteiger partial charge in [-0.2, -0.15) is 5.10 Å². The van der Waals surface area contributed by atoms with Crippen LogP contribution in [0.15, 0.2) is 66.2 Å². The molecule has 1 saturated heterocycles. The third-order valence-corrected chi connectivity index (χ3v) is 7.48. The summed E-state index contributed by atoms with van der Waals surface area (Å²) >= 11 is 0. The topological polar surface area (TPSA) is 119 Å². The summed E-state index contributed by atoms with van der Waals surface area (Å²) in [5.41, 5.74) is 2.19. The molecule has 1 aliphatic heterocycles. The van der Waals surface area contributed by atoms with Gasteiger partial charge in [0.25, 0.3) is 5.91 Å². The number of sulfone groups is 1. The molecule has 1 fully saturated rings. The number of halogens is 1. The zero-order valence-electron chi connectivity index (χ0n) is 20.7. The molecule has 38 heavy (non-hydrogen) atoms. The number of carbonyl (C=O) groups is 1. The number of hydrogen-bond acceptors (Lipinski definition) is 8. The third kappa shape index (κ3) is 5.72. The van der Waals surface area contributed by atoms with Crippen LogP contribution in [0.2, 0.25) is 0 Å². The van der Waals surface area contributed by atoms with E-state index in [-0.39, 0.29) is 16.8 Å². The molecule has 1 amide bonds. The van der Waals surface area contributed by atoms with Gasteiger partial charge in [-0.15, -0.1) is 0 Å². The molecule has 1 unspecified atom stereocenters. The van der Waals surface area contributed by atoms with E-state index in [9.17, 15) is 17.6 Å². The number of carbonyl (C=O) groups excluding carboxylic acids is 1. The fourth-order valence-electron chi connectivity index (χ4n) is 4.45. The van der Waals surface area contributed by atoms with E-state index in [1.165, 1.54) is 30.6 Å². The summed E-state index contributed by atoms with van der Waals surface area (Å²) in [6, 6.07) is 8.61. The lowest BCUT2D eigenvalue weighted by atomic mass is 10.0. The molecule has 5 rings (SSSR count). The maximum Gasteiger partial charge on any atom is 0.254 e. The van der Waals surface area contributed by atoms with E-state index < -0.39 is 15.9 Å². The second-order valence-corrected chi connectivity index (χ2v) is 11.1. The first-order valence-electron chi connectivity index (χ1n) is 12.1. The van der Waals surface area contributed by atoms with Crippen LogP contribution in [0.4, 0.5) is 4.39 Å². The van der Waals surface area contributed by atoms with Gasteiger partial charge in [0.15, 0.2) is 14.9 Å². The number of morpholine rings is 1. The maximum atomic E-state index is 13.6. The molecule has 10 nitrogen and oxygen atoms in total. The molecule has 1 atom stereocenters. The number of benzene rings is 1. The zero-order valence-corrected chi connectivity index (χ0v) is 21.6. The molecular weight excluding hydrogens is 511 g/mol. The molecule has 0 aliphatic carbocycles. The molecule has 1 aromatic carbocycles. The van der Waals surface area contributed by atoms with Gasteiger partial charge in [-0.3, -0.25) is 14.7 Å². The Morgan fingerprint density at radius 2 is 1.89 bits per heavy atom. The molecule has 0 saturated carbocycles. The quantitative estimate of drug-likeness (QED) is 0.364. The first kappa shape index (κ1) is 25.9. The monoisotopic (exact) mass is 538 g/mol. The summed E-state index contributed by atoms with van der Waals surface area (Å²) in [6.07, 6.45) is 7.74. The SMILES string of the molecule is CS(=O)(=O)c1cc(C(CCN2CCOCC2)NC(=O)c2cncc3c2cnn3-c2ccc(F)cc2)ccn1. The number of nitrogens with one attached hydrogen (secondary N) is 1. The summed E-state index contributed by atoms with van der Waals surface area (Å²) in [5.74, 6) is -0.729. The van der Waals surface area contributed by atoms with E-state index in [1.54, 1.807) is 35.3 Å². The van der Waals surface area contributed by atoms with Crippen molar-refractivity contribution in [3.8, 4) is 5.69 Å². The lowest BCUT2D eigenvalue weighted by Crippen LogP contribution is -2.39. The van der Waals surface area contributed by atoms with Gasteiger partial charge >= 0.3 is 0 Å². The number of nitrogens with zero attached hydrogens (tertiary/aromatic N) is 5. The van der Waals surface area contributed by atoms with Crippen molar-refractivity contribution in [3.05, 3.63) is 78.1 Å². The zero-order chi connectivity index (χ0) is 26.7. The maximum absolute atomic E-state index is 13.6. The first-order valence-corrected chi connectivity index (χ1v) is 14.0. The third-order valence-electron chi connectivity index (χ3n) is 6.50. The highest BCUT2D eigenvalue weighted by molar-refractivity contribution is 7.90. The largest absolute Gasteiger partial charge is 0.379 e. The van der Waals surface area contributed by atoms with Crippen molar-refractivity contribution in [1.29, 1.82) is 0 Å². The second kappa shape index (κ2) is 10.9. The lowest BCUT2D eigenvalue weighted by molar-refractivity contribution is 0.0360. The van der Waals surface area contributed by atoms with Crippen LogP contribution >= 0.6 is 0 Å². The molecule has 0 radical (unpaired) electrons. The van der Waals surface area contributed by atoms with E-state index in [1.807, 2.05) is 0 Å². The van der Waals surface area contributed by atoms with Crippen molar-refractivity contribution in [1.82, 2.24) is 30.0 Å². The molecule has 1 aliphatic rings. The molecule has 198 valence electrons. The minimum absolute atomic E-state index is 0.0510. The highest BCUT2D eigenvalue weighted by atomic mass is 32.2. The molecule has 1 N–H and O–H groups in total. The summed E-state index contributed by atoms with van der Waals surface area (Å²) in [5, 5.41) is 8.00. The van der Waals surface area contributed by atoms with Crippen molar-refractivity contribution in [3.63, 3.8) is 0 Å². The predicted molar refractivity (Wildman–Crippen MR) is 138 cm³/mol. The minimum Gasteiger partial charge on any atom is -0.379 e. The van der Waals surface area contributed by atoms with Gasteiger partial charge in [0.05, 0.1) is 48.4 Å². The van der Waals surface area contributed by atoms with Crippen LogP contribution in [0.5, 0.6) is 0 Å². The van der Waals surface area contributed by atoms with Crippen LogP contribution < -0.4 is 5.32 Å². The summed E-state index contributed by atoms with van der Waals surface area (Å²) in [4.78, 5) is 24.0. The lowest BCUT2D eigenvalue weighted by Gasteiger charge is -2.29. The standard InChI is InChI=1S/C26H27FN6O4S/c1-38(35,36)25-14-18(6-8-29-25)23(7-9-32-10-12-37-13-11-32)31-26(34)22-15-28-17-24-21(22)16-30-33(24)20-4-2-19(27)3-5-20/h2-6,8,14-17,23H,7,9-13H2,1H3,(H,31,34). The highest BCUT2D eigenvalue weighted by Crippen LogP contribution is 2.24. The molecule has 3 aromatic heterocycles. The van der Waals surface area contributed by atoms with Gasteiger partial charge in [-0.1, -0.05) is 0 Å². The molecular formula is C26H27FN6O4S. The Kier molecular flexibility index (Phi) is 7.45. The van der Waals surface area contributed by atoms with Crippen LogP contribution in [0.1, 0.15) is 28.4 Å². The summed E-state index contributed by atoms with van der Waals surface area (Å²) in [7, 11) is -3.53. The molecule has 0 spiro atoms. The van der Waals surface area contributed by atoms with Crippen LogP contribution in [0.25, 0.3) is 16.6 Å². The van der Waals surface area contributed by atoms with Crippen LogP contribution in [-0.2, 0) is 14.6 Å². The predicted octanol–water partition coefficient (Wildman–Crippen LogP) is 2.55. The summed E-state index contributed by atoms with van der Waals surface area (Å²) < 4.78 is 44.7. The van der Waals surface area contributed by atoms with Crippen molar-refractivity contribution in [2.75, 3.05) is 39.1 Å². The molecule has 12 heteroatoms. The van der Waals surface area contributed by atoms with Crippen LogP contribution in [0.3, 0.4) is 0 Å². The molecule has 4 aromatic rings. The number of amides is 1. The van der Waals surface area contributed by atoms with Crippen LogP contribution in [0, 0.1) is 5.82 Å². The average molecular weight is 539 g/mol. The smallest absolute Gasteiger partial charge is 0.254 e. The number of hydrogen-bond donors (Lipinski definition) is 1. The van der Waals surface area contributed by atoms with Crippen molar-refractivity contribution in [2.45, 2.75) is 17.5 Å². The van der Waals surface area contributed by atoms with E-state index in [0.29, 0.717) is 53.9 Å². The van der Waals surface area contributed by atoms with E-state index in [2.05, 4.69) is 25.3 Å². The number of rotatable bonds is 8. The van der Waals surface area contributed by atoms with Gasteiger partial charge < -0.3 is 10.1 Å². The van der Waals surface area contributed by atoms with Crippen molar-refractivity contribution < 1.29 is 22.3 Å². The average Bonchev–Trinajstić information content (AvgIpc) is 3.36. The van der Waals surface area contributed by atoms with Gasteiger partial charge in [0, 0.05) is 43.7 Å². The Bertz CT molecular complexity index is 1550. The van der Waals surface area contributed by atoms with Crippen molar-refractivity contribution in [2.24, 2.45) is 0 Å². The first-order chi connectivity index (χ1) is 18.3. The number of ether oxygens (including phenoxy) is 1. The van der Waals surface area contributed by atoms with Crippen LogP contribution in [-0.4, -0.2) is 78.1 Å². The minimum atomic E-state index is -3.53. The Labute approximate surface area is 219 Å². The highest BCUT2D eigenvalue weighted by Gasteiger charge is 2.22. The Morgan fingerprint density at radius 3 is 2.63 bits per heavy atom. The van der Waals surface area contributed by atoms with Gasteiger partial charge in [0.1, 0.15) is 5.82 Å². The Hall–Kier alpha value is -3.74. The number of aromatic nitrogens is 4. The fourth-order valence-corrected chi connectivity index (χ4v) is 5.05. The number of pyridine rings is 2. The Balaban J connectivity index is 1.44. The second-order valence-electron chi connectivity index (χ2n) is 9.12. The van der Waals surface area contributed by atoms with E-state index in [0.717, 1.165) is 19.3 Å². The summed E-state index contributed by atoms with van der Waals surface area (Å²) in [6.45, 7) is 3.57. The Morgan fingerprint density at radius 1 is 1.13 bits per heavy atom. The normalized spacial score (nSPS) is 15.4. The van der Waals surface area contributed by atoms with Gasteiger partial charge in [0.2, 0.25) is 0 Å². The molecule has 4 heterocycles. The number of fused-ring (bicyclic) bond motifs is 1. The van der Waals surface area contributed by atoms with E-state index >= 15 is 0 Å². The van der Waals surface area contributed by atoms with Gasteiger partial charge in [-0.25, -0.2) is 22.5 Å². The molecule has 0 bridgehead atoms.